The summed E-state index contributed by atoms with van der Waals surface area (Å²) in [6.07, 6.45) is 5.42. The molecule has 11 heteroatoms. The summed E-state index contributed by atoms with van der Waals surface area (Å²) in [5.41, 5.74) is 2.37. The lowest BCUT2D eigenvalue weighted by molar-refractivity contribution is -0.137. The molecule has 0 radical (unpaired) electrons. The smallest absolute Gasteiger partial charge is 0.367 e. The van der Waals surface area contributed by atoms with Crippen LogP contribution in [0, 0.1) is 5.92 Å². The molecule has 2 heterocycles. The molecule has 2 aromatic heterocycles. The number of H-pyrrole nitrogens is 1. The van der Waals surface area contributed by atoms with Gasteiger partial charge < -0.3 is 20.9 Å². The van der Waals surface area contributed by atoms with Crippen molar-refractivity contribution < 1.29 is 18.0 Å². The zero-order valence-electron chi connectivity index (χ0n) is 23.6. The van der Waals surface area contributed by atoms with E-state index in [0.717, 1.165) is 48.9 Å². The van der Waals surface area contributed by atoms with Crippen molar-refractivity contribution in [3.8, 4) is 11.3 Å². The lowest BCUT2D eigenvalue weighted by Gasteiger charge is -2.27. The molecule has 5 rings (SSSR count). The summed E-state index contributed by atoms with van der Waals surface area (Å²) >= 11 is 6.15. The number of nitrogens with zero attached hydrogens (tertiary/aromatic N) is 2. The van der Waals surface area contributed by atoms with E-state index in [4.69, 9.17) is 11.6 Å². The molecule has 4 N–H and O–H groups in total. The van der Waals surface area contributed by atoms with Crippen LogP contribution in [0.2, 0.25) is 5.02 Å². The Morgan fingerprint density at radius 2 is 1.77 bits per heavy atom. The van der Waals surface area contributed by atoms with Crippen molar-refractivity contribution in [2.75, 3.05) is 10.6 Å². The van der Waals surface area contributed by atoms with Crippen molar-refractivity contribution in [3.05, 3.63) is 94.8 Å². The first-order chi connectivity index (χ1) is 20.7. The Labute approximate surface area is 253 Å². The molecule has 4 aromatic rings. The number of carbonyl (C=O) groups is 1. The monoisotopic (exact) mass is 610 g/mol. The Hall–Kier alpha value is -4.05. The number of alkyl halides is 3. The zero-order chi connectivity index (χ0) is 30.2. The number of carbonyl (C=O) groups excluding carboxylic acids is 1. The summed E-state index contributed by atoms with van der Waals surface area (Å²) in [5.74, 6) is 1.03. The molecular weight excluding hydrogens is 577 g/mol. The predicted molar refractivity (Wildman–Crippen MR) is 162 cm³/mol. The molecule has 0 bridgehead atoms. The van der Waals surface area contributed by atoms with Crippen LogP contribution >= 0.6 is 11.6 Å². The van der Waals surface area contributed by atoms with E-state index in [0.29, 0.717) is 46.9 Å². The van der Waals surface area contributed by atoms with Crippen LogP contribution in [0.15, 0.2) is 73.1 Å². The highest BCUT2D eigenvalue weighted by atomic mass is 35.5. The fourth-order valence-corrected chi connectivity index (χ4v) is 5.56. The van der Waals surface area contributed by atoms with E-state index < -0.39 is 17.8 Å². The number of benzene rings is 2. The van der Waals surface area contributed by atoms with E-state index in [1.807, 2.05) is 48.8 Å². The molecule has 1 aliphatic carbocycles. The number of aromatic amines is 1. The van der Waals surface area contributed by atoms with Crippen LogP contribution < -0.4 is 16.0 Å². The van der Waals surface area contributed by atoms with Gasteiger partial charge in [-0.3, -0.25) is 4.79 Å². The average molecular weight is 611 g/mol. The van der Waals surface area contributed by atoms with Gasteiger partial charge in [-0.2, -0.15) is 18.2 Å². The fraction of sp³-hybridized carbons (Fsp3) is 0.344. The molecule has 1 amide bonds. The predicted octanol–water partition coefficient (Wildman–Crippen LogP) is 7.82. The maximum atomic E-state index is 13.5. The first-order valence-electron chi connectivity index (χ1n) is 14.4. The van der Waals surface area contributed by atoms with Crippen LogP contribution in [0.4, 0.5) is 24.9 Å². The number of hydrogen-bond acceptors (Lipinski definition) is 5. The molecule has 2 aromatic carbocycles. The second-order valence-electron chi connectivity index (χ2n) is 10.9. The summed E-state index contributed by atoms with van der Waals surface area (Å²) in [4.78, 5) is 25.9. The lowest BCUT2D eigenvalue weighted by Crippen LogP contribution is -2.41. The number of anilines is 2. The summed E-state index contributed by atoms with van der Waals surface area (Å²) in [7, 11) is 0. The van der Waals surface area contributed by atoms with E-state index in [9.17, 15) is 18.0 Å². The third kappa shape index (κ3) is 8.73. The standard InChI is InChI=1S/C32H34ClF3N6O/c33-26-8-4-7-23(15-26)19-39-31-41-27(24-13-14-37-20-24)17-29(42-31)40-28(16-21-5-2-1-3-6-21)30(43)38-18-22-9-11-25(12-10-22)32(34,35)36/h4,7-15,17,20-21,28,37H,1-3,5-6,16,18-19H2,(H,38,43)(H2,39,40,41,42)/t28-/m1/s1. The van der Waals surface area contributed by atoms with Gasteiger partial charge in [0.25, 0.3) is 0 Å². The van der Waals surface area contributed by atoms with Crippen LogP contribution in [-0.4, -0.2) is 26.9 Å². The first kappa shape index (κ1) is 30.4. The molecule has 1 saturated carbocycles. The molecular formula is C32H34ClF3N6O. The molecule has 0 unspecified atom stereocenters. The highest BCUT2D eigenvalue weighted by Crippen LogP contribution is 2.30. The van der Waals surface area contributed by atoms with Gasteiger partial charge in [-0.1, -0.05) is 68.0 Å². The fourth-order valence-electron chi connectivity index (χ4n) is 5.35. The average Bonchev–Trinajstić information content (AvgIpc) is 3.54. The minimum atomic E-state index is -4.41. The van der Waals surface area contributed by atoms with Crippen LogP contribution in [-0.2, 0) is 24.1 Å². The first-order valence-corrected chi connectivity index (χ1v) is 14.8. The van der Waals surface area contributed by atoms with Crippen LogP contribution in [0.3, 0.4) is 0 Å². The third-order valence-corrected chi connectivity index (χ3v) is 7.88. The second kappa shape index (κ2) is 13.9. The van der Waals surface area contributed by atoms with E-state index in [1.165, 1.54) is 18.6 Å². The van der Waals surface area contributed by atoms with Crippen LogP contribution in [0.1, 0.15) is 55.2 Å². The topological polar surface area (TPSA) is 94.7 Å². The Morgan fingerprint density at radius 3 is 2.47 bits per heavy atom. The summed E-state index contributed by atoms with van der Waals surface area (Å²) in [5, 5.41) is 10.2. The minimum Gasteiger partial charge on any atom is -0.367 e. The van der Waals surface area contributed by atoms with Gasteiger partial charge in [-0.25, -0.2) is 4.98 Å². The van der Waals surface area contributed by atoms with E-state index >= 15 is 0 Å². The number of nitrogens with one attached hydrogen (secondary N) is 4. The molecule has 7 nitrogen and oxygen atoms in total. The molecule has 1 aliphatic rings. The Morgan fingerprint density at radius 1 is 0.977 bits per heavy atom. The van der Waals surface area contributed by atoms with Crippen molar-refractivity contribution >= 4 is 29.3 Å². The van der Waals surface area contributed by atoms with Crippen molar-refractivity contribution in [2.24, 2.45) is 5.92 Å². The highest BCUT2D eigenvalue weighted by molar-refractivity contribution is 6.30. The molecule has 0 spiro atoms. The summed E-state index contributed by atoms with van der Waals surface area (Å²) < 4.78 is 38.9. The van der Waals surface area contributed by atoms with Gasteiger partial charge in [0.1, 0.15) is 11.9 Å². The molecule has 0 aliphatic heterocycles. The second-order valence-corrected chi connectivity index (χ2v) is 11.3. The highest BCUT2D eigenvalue weighted by Gasteiger charge is 2.30. The van der Waals surface area contributed by atoms with E-state index in [1.54, 1.807) is 0 Å². The normalized spacial score (nSPS) is 14.7. The van der Waals surface area contributed by atoms with Crippen LogP contribution in [0.5, 0.6) is 0 Å². The van der Waals surface area contributed by atoms with Crippen molar-refractivity contribution in [1.29, 1.82) is 0 Å². The number of hydrogen-bond donors (Lipinski definition) is 4. The van der Waals surface area contributed by atoms with E-state index in [2.05, 4.69) is 30.9 Å². The SMILES string of the molecule is O=C(NCc1ccc(C(F)(F)F)cc1)[C@@H](CC1CCCCC1)Nc1cc(-c2cc[nH]c2)nc(NCc2cccc(Cl)c2)n1. The quantitative estimate of drug-likeness (QED) is 0.139. The van der Waals surface area contributed by atoms with Gasteiger partial charge in [0.15, 0.2) is 0 Å². The maximum absolute atomic E-state index is 13.5. The van der Waals surface area contributed by atoms with Crippen molar-refractivity contribution in [1.82, 2.24) is 20.3 Å². The number of amides is 1. The molecule has 226 valence electrons. The molecule has 1 fully saturated rings. The molecule has 0 saturated heterocycles. The lowest BCUT2D eigenvalue weighted by atomic mass is 9.84. The Balaban J connectivity index is 1.34. The summed E-state index contributed by atoms with van der Waals surface area (Å²) in [6.45, 7) is 0.570. The summed E-state index contributed by atoms with van der Waals surface area (Å²) in [6, 6.07) is 15.5. The zero-order valence-corrected chi connectivity index (χ0v) is 24.3. The molecule has 43 heavy (non-hydrogen) atoms. The van der Waals surface area contributed by atoms with Gasteiger partial charge >= 0.3 is 6.18 Å². The Kier molecular flexibility index (Phi) is 9.86. The van der Waals surface area contributed by atoms with Gasteiger partial charge in [0, 0.05) is 42.1 Å². The number of rotatable bonds is 11. The third-order valence-electron chi connectivity index (χ3n) is 7.64. The van der Waals surface area contributed by atoms with Gasteiger partial charge in [0.2, 0.25) is 11.9 Å². The van der Waals surface area contributed by atoms with Gasteiger partial charge in [-0.15, -0.1) is 0 Å². The van der Waals surface area contributed by atoms with Crippen LogP contribution in [0.25, 0.3) is 11.3 Å². The number of halogens is 4. The van der Waals surface area contributed by atoms with E-state index in [-0.39, 0.29) is 12.5 Å². The Bertz CT molecular complexity index is 1490. The van der Waals surface area contributed by atoms with Gasteiger partial charge in [0.05, 0.1) is 11.3 Å². The van der Waals surface area contributed by atoms with Gasteiger partial charge in [-0.05, 0) is 53.8 Å². The maximum Gasteiger partial charge on any atom is 0.416 e. The molecule has 1 atom stereocenters. The minimum absolute atomic E-state index is 0.116. The largest absolute Gasteiger partial charge is 0.416 e. The van der Waals surface area contributed by atoms with Crippen molar-refractivity contribution in [2.45, 2.75) is 63.8 Å². The number of aromatic nitrogens is 3. The van der Waals surface area contributed by atoms with Crippen molar-refractivity contribution in [3.63, 3.8) is 0 Å².